The highest BCUT2D eigenvalue weighted by atomic mass is 32.2. The number of carbonyl (C=O) groups excluding carboxylic acids is 3. The summed E-state index contributed by atoms with van der Waals surface area (Å²) in [5.41, 5.74) is 0.813. The molecule has 2 aliphatic rings. The van der Waals surface area contributed by atoms with Crippen LogP contribution in [-0.2, 0) is 19.1 Å². The highest BCUT2D eigenvalue weighted by Crippen LogP contribution is 2.32. The zero-order chi connectivity index (χ0) is 21.1. The first-order chi connectivity index (χ1) is 13.8. The van der Waals surface area contributed by atoms with Crippen molar-refractivity contribution in [1.82, 2.24) is 4.90 Å². The van der Waals surface area contributed by atoms with Gasteiger partial charge in [-0.05, 0) is 45.0 Å². The zero-order valence-electron chi connectivity index (χ0n) is 16.6. The van der Waals surface area contributed by atoms with Crippen LogP contribution in [0.2, 0.25) is 0 Å². The van der Waals surface area contributed by atoms with Gasteiger partial charge in [0.15, 0.2) is 0 Å². The molecular weight excluding hydrogens is 412 g/mol. The number of amides is 2. The van der Waals surface area contributed by atoms with E-state index in [4.69, 9.17) is 21.7 Å². The van der Waals surface area contributed by atoms with Gasteiger partial charge in [0, 0.05) is 19.5 Å². The molecular formula is C20H24N2O5S2. The Balaban J connectivity index is 1.66. The molecule has 1 aromatic carbocycles. The van der Waals surface area contributed by atoms with Crippen LogP contribution in [-0.4, -0.2) is 64.2 Å². The minimum Gasteiger partial charge on any atom is -0.462 e. The van der Waals surface area contributed by atoms with Crippen LogP contribution in [0.15, 0.2) is 24.3 Å². The van der Waals surface area contributed by atoms with Gasteiger partial charge in [0.05, 0.1) is 30.1 Å². The topological polar surface area (TPSA) is 76.2 Å². The van der Waals surface area contributed by atoms with Crippen molar-refractivity contribution in [1.29, 1.82) is 0 Å². The second-order valence-corrected chi connectivity index (χ2v) is 8.91. The second kappa shape index (κ2) is 9.23. The van der Waals surface area contributed by atoms with Gasteiger partial charge in [0.2, 0.25) is 11.8 Å². The van der Waals surface area contributed by atoms with E-state index >= 15 is 0 Å². The van der Waals surface area contributed by atoms with Crippen molar-refractivity contribution in [2.75, 3.05) is 24.6 Å². The molecule has 7 nitrogen and oxygen atoms in total. The predicted octanol–water partition coefficient (Wildman–Crippen LogP) is 2.62. The van der Waals surface area contributed by atoms with E-state index in [1.807, 2.05) is 18.7 Å². The summed E-state index contributed by atoms with van der Waals surface area (Å²) in [5.74, 6) is -1.01. The van der Waals surface area contributed by atoms with Crippen molar-refractivity contribution in [2.24, 2.45) is 0 Å². The zero-order valence-corrected chi connectivity index (χ0v) is 18.3. The van der Waals surface area contributed by atoms with Gasteiger partial charge in [-0.3, -0.25) is 9.59 Å². The van der Waals surface area contributed by atoms with Gasteiger partial charge in [0.25, 0.3) is 0 Å². The van der Waals surface area contributed by atoms with E-state index in [1.165, 1.54) is 16.7 Å². The van der Waals surface area contributed by atoms with Crippen LogP contribution in [0.1, 0.15) is 37.6 Å². The van der Waals surface area contributed by atoms with Crippen molar-refractivity contribution in [3.8, 4) is 0 Å². The molecule has 2 fully saturated rings. The fourth-order valence-electron chi connectivity index (χ4n) is 3.45. The number of esters is 1. The van der Waals surface area contributed by atoms with Crippen LogP contribution in [0.5, 0.6) is 0 Å². The molecule has 0 saturated carbocycles. The van der Waals surface area contributed by atoms with Crippen molar-refractivity contribution in [3.05, 3.63) is 29.8 Å². The molecule has 2 amide bonds. The number of hydrogen-bond acceptors (Lipinski definition) is 7. The molecule has 156 valence electrons. The Hall–Kier alpha value is -1.97. The summed E-state index contributed by atoms with van der Waals surface area (Å²) < 4.78 is 11.3. The maximum atomic E-state index is 12.9. The normalized spacial score (nSPS) is 24.7. The molecule has 0 aromatic heterocycles. The van der Waals surface area contributed by atoms with Crippen molar-refractivity contribution < 1.29 is 23.9 Å². The monoisotopic (exact) mass is 436 g/mol. The van der Waals surface area contributed by atoms with Crippen LogP contribution >= 0.6 is 24.0 Å². The molecule has 9 heteroatoms. The molecule has 2 saturated heterocycles. The molecule has 0 aliphatic carbocycles. The first kappa shape index (κ1) is 21.7. The number of ether oxygens (including phenoxy) is 2. The number of nitrogens with zero attached hydrogens (tertiary/aromatic N) is 2. The van der Waals surface area contributed by atoms with Crippen LogP contribution < -0.4 is 4.90 Å². The molecule has 29 heavy (non-hydrogen) atoms. The Labute approximate surface area is 179 Å². The largest absolute Gasteiger partial charge is 0.462 e. The van der Waals surface area contributed by atoms with Crippen molar-refractivity contribution >= 4 is 51.8 Å². The molecule has 0 bridgehead atoms. The van der Waals surface area contributed by atoms with E-state index in [1.54, 1.807) is 31.2 Å². The molecule has 0 radical (unpaired) electrons. The molecule has 3 atom stereocenters. The van der Waals surface area contributed by atoms with Crippen LogP contribution in [0.4, 0.5) is 5.69 Å². The summed E-state index contributed by atoms with van der Waals surface area (Å²) in [5, 5.41) is -0.548. The fourth-order valence-corrected chi connectivity index (χ4v) is 4.92. The van der Waals surface area contributed by atoms with Gasteiger partial charge in [-0.25, -0.2) is 9.69 Å². The predicted molar refractivity (Wildman–Crippen MR) is 115 cm³/mol. The number of hydrogen-bond donors (Lipinski definition) is 0. The first-order valence-electron chi connectivity index (χ1n) is 9.55. The Kier molecular flexibility index (Phi) is 6.92. The van der Waals surface area contributed by atoms with E-state index in [9.17, 15) is 14.4 Å². The molecule has 1 aromatic rings. The maximum Gasteiger partial charge on any atom is 0.338 e. The molecule has 3 rings (SSSR count). The number of thiocarbonyl (C=S) groups is 1. The summed E-state index contributed by atoms with van der Waals surface area (Å²) in [6.45, 7) is 7.33. The Morgan fingerprint density at radius 1 is 1.21 bits per heavy atom. The molecule has 0 N–H and O–H groups in total. The summed E-state index contributed by atoms with van der Waals surface area (Å²) in [6.07, 6.45) is 0.221. The van der Waals surface area contributed by atoms with Gasteiger partial charge in [-0.2, -0.15) is 0 Å². The van der Waals surface area contributed by atoms with Gasteiger partial charge < -0.3 is 14.4 Å². The minimum atomic E-state index is -0.548. The molecule has 2 heterocycles. The van der Waals surface area contributed by atoms with Gasteiger partial charge in [0.1, 0.15) is 9.57 Å². The van der Waals surface area contributed by atoms with Gasteiger partial charge in [-0.1, -0.05) is 24.0 Å². The van der Waals surface area contributed by atoms with E-state index < -0.39 is 11.2 Å². The SMILES string of the molecule is CCOC(=O)c1ccc(N2C(=O)C[C@@H](SC(=S)N3C[C@@H](C)O[C@@H](C)C3)C2=O)cc1. The third kappa shape index (κ3) is 4.96. The van der Waals surface area contributed by atoms with Crippen LogP contribution in [0.3, 0.4) is 0 Å². The Morgan fingerprint density at radius 3 is 2.41 bits per heavy atom. The Morgan fingerprint density at radius 2 is 1.83 bits per heavy atom. The summed E-state index contributed by atoms with van der Waals surface area (Å²) in [7, 11) is 0. The van der Waals surface area contributed by atoms with Crippen molar-refractivity contribution in [2.45, 2.75) is 44.6 Å². The number of morpholine rings is 1. The lowest BCUT2D eigenvalue weighted by Gasteiger charge is -2.36. The standard InChI is InChI=1S/C20H24N2O5S2/c1-4-26-19(25)14-5-7-15(8-6-14)22-17(23)9-16(18(22)24)29-20(28)21-10-12(2)27-13(3)11-21/h5-8,12-13,16H,4,9-11H2,1-3H3/t12-,13+,16-/m1/s1. The third-order valence-corrected chi connectivity index (χ3v) is 6.32. The lowest BCUT2D eigenvalue weighted by atomic mass is 10.2. The highest BCUT2D eigenvalue weighted by Gasteiger charge is 2.41. The fraction of sp³-hybridized carbons (Fsp3) is 0.500. The van der Waals surface area contributed by atoms with Crippen LogP contribution in [0, 0.1) is 0 Å². The lowest BCUT2D eigenvalue weighted by molar-refractivity contribution is -0.121. The van der Waals surface area contributed by atoms with E-state index in [0.29, 0.717) is 28.7 Å². The number of carbonyl (C=O) groups is 3. The molecule has 0 spiro atoms. The maximum absolute atomic E-state index is 12.9. The molecule has 2 aliphatic heterocycles. The number of anilines is 1. The van der Waals surface area contributed by atoms with E-state index in [2.05, 4.69) is 0 Å². The quantitative estimate of drug-likeness (QED) is 0.405. The van der Waals surface area contributed by atoms with E-state index in [0.717, 1.165) is 0 Å². The second-order valence-electron chi connectivity index (χ2n) is 7.07. The number of imide groups is 1. The first-order valence-corrected chi connectivity index (χ1v) is 10.8. The molecule has 0 unspecified atom stereocenters. The number of rotatable bonds is 4. The summed E-state index contributed by atoms with van der Waals surface area (Å²) >= 11 is 6.79. The van der Waals surface area contributed by atoms with Crippen LogP contribution in [0.25, 0.3) is 0 Å². The smallest absolute Gasteiger partial charge is 0.338 e. The highest BCUT2D eigenvalue weighted by molar-refractivity contribution is 8.23. The lowest BCUT2D eigenvalue weighted by Crippen LogP contribution is -2.47. The third-order valence-electron chi connectivity index (χ3n) is 4.66. The van der Waals surface area contributed by atoms with Crippen molar-refractivity contribution in [3.63, 3.8) is 0 Å². The van der Waals surface area contributed by atoms with E-state index in [-0.39, 0.29) is 37.0 Å². The van der Waals surface area contributed by atoms with Gasteiger partial charge in [-0.15, -0.1) is 0 Å². The summed E-state index contributed by atoms with van der Waals surface area (Å²) in [6, 6.07) is 6.27. The average molecular weight is 437 g/mol. The minimum absolute atomic E-state index is 0.0626. The average Bonchev–Trinajstić information content (AvgIpc) is 2.94. The number of benzene rings is 1. The van der Waals surface area contributed by atoms with Gasteiger partial charge >= 0.3 is 5.97 Å². The summed E-state index contributed by atoms with van der Waals surface area (Å²) in [4.78, 5) is 40.4. The number of thioether (sulfide) groups is 1. The Bertz CT molecular complexity index is 804.